The molecule has 112 valence electrons. The predicted octanol–water partition coefficient (Wildman–Crippen LogP) is 4.08. The summed E-state index contributed by atoms with van der Waals surface area (Å²) in [6, 6.07) is 6.73. The quantitative estimate of drug-likeness (QED) is 0.850. The molecule has 0 amide bonds. The monoisotopic (exact) mass is 352 g/mol. The number of nitrogens with zero attached hydrogens (tertiary/aromatic N) is 1. The molecule has 0 aliphatic heterocycles. The molecular formula is C16H18BrFN2O. The highest BCUT2D eigenvalue weighted by Crippen LogP contribution is 2.28. The number of pyridine rings is 1. The van der Waals surface area contributed by atoms with E-state index < -0.39 is 0 Å². The Morgan fingerprint density at radius 2 is 2.10 bits per heavy atom. The summed E-state index contributed by atoms with van der Waals surface area (Å²) in [7, 11) is 0. The molecule has 0 saturated carbocycles. The van der Waals surface area contributed by atoms with Gasteiger partial charge >= 0.3 is 0 Å². The average Bonchev–Trinajstić information content (AvgIpc) is 2.46. The summed E-state index contributed by atoms with van der Waals surface area (Å²) in [6.07, 6.45) is 3.39. The lowest BCUT2D eigenvalue weighted by atomic mass is 9.99. The number of halogens is 2. The van der Waals surface area contributed by atoms with Gasteiger partial charge in [-0.3, -0.25) is 4.98 Å². The zero-order valence-corrected chi connectivity index (χ0v) is 13.7. The third-order valence-corrected chi connectivity index (χ3v) is 3.55. The second kappa shape index (κ2) is 7.52. The molecule has 0 bridgehead atoms. The lowest BCUT2D eigenvalue weighted by Crippen LogP contribution is -2.23. The number of rotatable bonds is 6. The van der Waals surface area contributed by atoms with E-state index in [1.807, 2.05) is 26.0 Å². The van der Waals surface area contributed by atoms with Crippen LogP contribution in [0.3, 0.4) is 0 Å². The number of ether oxygens (including phenoxy) is 1. The summed E-state index contributed by atoms with van der Waals surface area (Å²) in [5, 5.41) is 3.29. The summed E-state index contributed by atoms with van der Waals surface area (Å²) in [5.41, 5.74) is 1.47. The minimum atomic E-state index is -0.254. The Morgan fingerprint density at radius 1 is 1.29 bits per heavy atom. The highest BCUT2D eigenvalue weighted by molar-refractivity contribution is 9.10. The minimum absolute atomic E-state index is 0.253. The van der Waals surface area contributed by atoms with Crippen LogP contribution >= 0.6 is 15.9 Å². The average molecular weight is 353 g/mol. The lowest BCUT2D eigenvalue weighted by Gasteiger charge is -2.20. The molecule has 2 rings (SSSR count). The largest absolute Gasteiger partial charge is 0.492 e. The zero-order valence-electron chi connectivity index (χ0n) is 12.1. The van der Waals surface area contributed by atoms with Gasteiger partial charge in [0.05, 0.1) is 18.8 Å². The summed E-state index contributed by atoms with van der Waals surface area (Å²) >= 11 is 3.28. The van der Waals surface area contributed by atoms with Gasteiger partial charge in [-0.1, -0.05) is 28.9 Å². The van der Waals surface area contributed by atoms with Crippen molar-refractivity contribution in [1.29, 1.82) is 0 Å². The SMILES string of the molecule is CCNC(c1cncc(OCC)c1)c1ccc(Br)cc1F. The first-order chi connectivity index (χ1) is 10.2. The van der Waals surface area contributed by atoms with Gasteiger partial charge in [-0.2, -0.15) is 0 Å². The van der Waals surface area contributed by atoms with E-state index in [2.05, 4.69) is 26.2 Å². The molecule has 1 unspecified atom stereocenters. The highest BCUT2D eigenvalue weighted by Gasteiger charge is 2.18. The smallest absolute Gasteiger partial charge is 0.137 e. The van der Waals surface area contributed by atoms with Crippen molar-refractivity contribution in [3.63, 3.8) is 0 Å². The maximum atomic E-state index is 14.2. The second-order valence-corrected chi connectivity index (χ2v) is 5.46. The fourth-order valence-electron chi connectivity index (χ4n) is 2.19. The van der Waals surface area contributed by atoms with Gasteiger partial charge in [-0.25, -0.2) is 4.39 Å². The van der Waals surface area contributed by atoms with Gasteiger partial charge in [0.2, 0.25) is 0 Å². The number of aromatic nitrogens is 1. The van der Waals surface area contributed by atoms with Crippen LogP contribution in [0.5, 0.6) is 5.75 Å². The number of hydrogen-bond donors (Lipinski definition) is 1. The topological polar surface area (TPSA) is 34.2 Å². The van der Waals surface area contributed by atoms with Crippen LogP contribution < -0.4 is 10.1 Å². The standard InChI is InChI=1S/C16H18BrFN2O/c1-3-20-16(14-6-5-12(17)8-15(14)18)11-7-13(21-4-2)10-19-9-11/h5-10,16,20H,3-4H2,1-2H3. The third-order valence-electron chi connectivity index (χ3n) is 3.06. The fourth-order valence-corrected chi connectivity index (χ4v) is 2.52. The van der Waals surface area contributed by atoms with Crippen molar-refractivity contribution in [3.8, 4) is 5.75 Å². The lowest BCUT2D eigenvalue weighted by molar-refractivity contribution is 0.338. The Bertz CT molecular complexity index is 607. The second-order valence-electron chi connectivity index (χ2n) is 4.54. The molecule has 1 heterocycles. The van der Waals surface area contributed by atoms with Crippen LogP contribution in [-0.4, -0.2) is 18.1 Å². The number of benzene rings is 1. The highest BCUT2D eigenvalue weighted by atomic mass is 79.9. The molecule has 0 saturated heterocycles. The molecule has 21 heavy (non-hydrogen) atoms. The predicted molar refractivity (Wildman–Crippen MR) is 85.0 cm³/mol. The van der Waals surface area contributed by atoms with Crippen LogP contribution in [-0.2, 0) is 0 Å². The molecule has 0 aliphatic carbocycles. The normalized spacial score (nSPS) is 12.2. The molecule has 0 fully saturated rings. The van der Waals surface area contributed by atoms with E-state index in [-0.39, 0.29) is 11.9 Å². The summed E-state index contributed by atoms with van der Waals surface area (Å²) in [4.78, 5) is 4.18. The Morgan fingerprint density at radius 3 is 2.76 bits per heavy atom. The molecule has 1 N–H and O–H groups in total. The van der Waals surface area contributed by atoms with Crippen molar-refractivity contribution in [2.24, 2.45) is 0 Å². The van der Waals surface area contributed by atoms with Crippen molar-refractivity contribution in [1.82, 2.24) is 10.3 Å². The van der Waals surface area contributed by atoms with Gasteiger partial charge in [0.15, 0.2) is 0 Å². The van der Waals surface area contributed by atoms with Crippen molar-refractivity contribution >= 4 is 15.9 Å². The van der Waals surface area contributed by atoms with Crippen molar-refractivity contribution in [3.05, 3.63) is 58.1 Å². The van der Waals surface area contributed by atoms with Crippen LogP contribution in [0.1, 0.15) is 31.0 Å². The van der Waals surface area contributed by atoms with Crippen LogP contribution in [0.15, 0.2) is 41.1 Å². The number of nitrogens with one attached hydrogen (secondary N) is 1. The summed E-state index contributed by atoms with van der Waals surface area (Å²) in [5.74, 6) is 0.438. The first-order valence-electron chi connectivity index (χ1n) is 6.91. The first-order valence-corrected chi connectivity index (χ1v) is 7.71. The molecule has 1 atom stereocenters. The molecule has 0 spiro atoms. The van der Waals surface area contributed by atoms with Gasteiger partial charge in [-0.05, 0) is 37.2 Å². The molecule has 3 nitrogen and oxygen atoms in total. The van der Waals surface area contributed by atoms with Crippen LogP contribution in [0.4, 0.5) is 4.39 Å². The Balaban J connectivity index is 2.40. The molecule has 1 aromatic carbocycles. The van der Waals surface area contributed by atoms with E-state index in [0.29, 0.717) is 17.9 Å². The van der Waals surface area contributed by atoms with Crippen LogP contribution in [0.2, 0.25) is 0 Å². The van der Waals surface area contributed by atoms with E-state index in [1.165, 1.54) is 6.07 Å². The van der Waals surface area contributed by atoms with E-state index in [0.717, 1.165) is 16.6 Å². The van der Waals surface area contributed by atoms with Crippen molar-refractivity contribution < 1.29 is 9.13 Å². The van der Waals surface area contributed by atoms with Gasteiger partial charge < -0.3 is 10.1 Å². The van der Waals surface area contributed by atoms with Gasteiger partial charge in [-0.15, -0.1) is 0 Å². The van der Waals surface area contributed by atoms with Crippen molar-refractivity contribution in [2.45, 2.75) is 19.9 Å². The van der Waals surface area contributed by atoms with E-state index in [4.69, 9.17) is 4.74 Å². The van der Waals surface area contributed by atoms with Gasteiger partial charge in [0.25, 0.3) is 0 Å². The third kappa shape index (κ3) is 4.02. The summed E-state index contributed by atoms with van der Waals surface area (Å²) < 4.78 is 20.4. The zero-order chi connectivity index (χ0) is 15.2. The van der Waals surface area contributed by atoms with Gasteiger partial charge in [0, 0.05) is 16.2 Å². The molecule has 0 radical (unpaired) electrons. The minimum Gasteiger partial charge on any atom is -0.492 e. The molecule has 5 heteroatoms. The molecule has 2 aromatic rings. The first kappa shape index (κ1) is 15.9. The summed E-state index contributed by atoms with van der Waals surface area (Å²) in [6.45, 7) is 5.20. The molecule has 1 aromatic heterocycles. The fraction of sp³-hybridized carbons (Fsp3) is 0.312. The maximum absolute atomic E-state index is 14.2. The van der Waals surface area contributed by atoms with Crippen molar-refractivity contribution in [2.75, 3.05) is 13.2 Å². The van der Waals surface area contributed by atoms with E-state index >= 15 is 0 Å². The Labute approximate surface area is 132 Å². The Hall–Kier alpha value is -1.46. The van der Waals surface area contributed by atoms with Crippen LogP contribution in [0, 0.1) is 5.82 Å². The molecule has 0 aliphatic rings. The van der Waals surface area contributed by atoms with E-state index in [9.17, 15) is 4.39 Å². The van der Waals surface area contributed by atoms with E-state index in [1.54, 1.807) is 18.5 Å². The van der Waals surface area contributed by atoms with Gasteiger partial charge in [0.1, 0.15) is 11.6 Å². The Kier molecular flexibility index (Phi) is 5.70. The van der Waals surface area contributed by atoms with Crippen LogP contribution in [0.25, 0.3) is 0 Å². The maximum Gasteiger partial charge on any atom is 0.137 e. The number of hydrogen-bond acceptors (Lipinski definition) is 3. The molecular weight excluding hydrogens is 335 g/mol.